The van der Waals surface area contributed by atoms with Crippen LogP contribution in [-0.4, -0.2) is 29.8 Å². The molecule has 0 bridgehead atoms. The van der Waals surface area contributed by atoms with E-state index < -0.39 is 5.41 Å². The van der Waals surface area contributed by atoms with E-state index in [1.807, 2.05) is 43.0 Å². The van der Waals surface area contributed by atoms with Crippen LogP contribution >= 0.6 is 0 Å². The number of amides is 2. The van der Waals surface area contributed by atoms with Gasteiger partial charge in [0.05, 0.1) is 5.41 Å². The highest BCUT2D eigenvalue weighted by molar-refractivity contribution is 5.83. The lowest BCUT2D eigenvalue weighted by Gasteiger charge is -2.40. The maximum Gasteiger partial charge on any atom is 0.225 e. The minimum absolute atomic E-state index is 0.0251. The van der Waals surface area contributed by atoms with Gasteiger partial charge in [0, 0.05) is 19.0 Å². The van der Waals surface area contributed by atoms with Crippen molar-refractivity contribution < 1.29 is 9.59 Å². The molecule has 1 aliphatic heterocycles. The van der Waals surface area contributed by atoms with E-state index in [9.17, 15) is 9.59 Å². The molecule has 0 spiro atoms. The van der Waals surface area contributed by atoms with Crippen LogP contribution in [-0.2, 0) is 16.0 Å². The van der Waals surface area contributed by atoms with Gasteiger partial charge < -0.3 is 10.6 Å². The lowest BCUT2D eigenvalue weighted by atomic mass is 9.72. The zero-order valence-electron chi connectivity index (χ0n) is 17.1. The molecule has 0 aliphatic carbocycles. The van der Waals surface area contributed by atoms with Gasteiger partial charge >= 0.3 is 0 Å². The first-order valence-corrected chi connectivity index (χ1v) is 10.1. The highest BCUT2D eigenvalue weighted by Crippen LogP contribution is 2.38. The topological polar surface area (TPSA) is 63.4 Å². The zero-order chi connectivity index (χ0) is 20.3. The summed E-state index contributed by atoms with van der Waals surface area (Å²) in [5.41, 5.74) is 9.99. The van der Waals surface area contributed by atoms with E-state index in [2.05, 4.69) is 31.2 Å². The number of nitrogens with zero attached hydrogens (tertiary/aromatic N) is 1. The van der Waals surface area contributed by atoms with Crippen LogP contribution in [0, 0.1) is 18.3 Å². The third-order valence-corrected chi connectivity index (χ3v) is 6.03. The molecular formula is C24H30N2O2. The second kappa shape index (κ2) is 8.17. The summed E-state index contributed by atoms with van der Waals surface area (Å²) in [6.07, 6.45) is 1.84. The minimum Gasteiger partial charge on any atom is -0.369 e. The summed E-state index contributed by atoms with van der Waals surface area (Å²) in [5.74, 6) is -0.134. The van der Waals surface area contributed by atoms with Gasteiger partial charge in [0.2, 0.25) is 11.8 Å². The summed E-state index contributed by atoms with van der Waals surface area (Å²) in [5, 5.41) is 0. The van der Waals surface area contributed by atoms with Gasteiger partial charge in [-0.05, 0) is 48.4 Å². The van der Waals surface area contributed by atoms with Crippen LogP contribution in [0.25, 0.3) is 11.1 Å². The number of likely N-dealkylation sites (tertiary alicyclic amines) is 1. The average Bonchev–Trinajstić information content (AvgIpc) is 2.69. The van der Waals surface area contributed by atoms with E-state index in [-0.39, 0.29) is 17.7 Å². The largest absolute Gasteiger partial charge is 0.369 e. The Morgan fingerprint density at radius 1 is 1.00 bits per heavy atom. The molecule has 1 aliphatic rings. The van der Waals surface area contributed by atoms with Crippen molar-refractivity contribution in [1.82, 2.24) is 4.90 Å². The molecule has 0 aromatic heterocycles. The number of hydrogen-bond donors (Lipinski definition) is 1. The van der Waals surface area contributed by atoms with Gasteiger partial charge in [-0.1, -0.05) is 62.4 Å². The normalized spacial score (nSPS) is 16.2. The van der Waals surface area contributed by atoms with Crippen LogP contribution in [0.15, 0.2) is 48.5 Å². The molecule has 2 N–H and O–H groups in total. The molecule has 1 fully saturated rings. The number of benzene rings is 2. The molecule has 0 saturated carbocycles. The van der Waals surface area contributed by atoms with Crippen molar-refractivity contribution in [2.24, 2.45) is 17.1 Å². The molecule has 0 atom stereocenters. The number of nitrogens with two attached hydrogens (primary N) is 1. The number of piperidine rings is 1. The zero-order valence-corrected chi connectivity index (χ0v) is 17.1. The van der Waals surface area contributed by atoms with E-state index in [4.69, 9.17) is 5.73 Å². The van der Waals surface area contributed by atoms with Crippen molar-refractivity contribution in [3.63, 3.8) is 0 Å². The molecule has 2 aromatic rings. The summed E-state index contributed by atoms with van der Waals surface area (Å²) >= 11 is 0. The Hall–Kier alpha value is -2.62. The first kappa shape index (κ1) is 20.1. The molecule has 1 saturated heterocycles. The maximum absolute atomic E-state index is 12.5. The predicted octanol–water partition coefficient (Wildman–Crippen LogP) is 3.95. The summed E-state index contributed by atoms with van der Waals surface area (Å²) in [4.78, 5) is 26.7. The van der Waals surface area contributed by atoms with Crippen LogP contribution in [0.2, 0.25) is 0 Å². The van der Waals surface area contributed by atoms with E-state index in [0.29, 0.717) is 32.4 Å². The highest BCUT2D eigenvalue weighted by Gasteiger charge is 2.41. The molecule has 148 valence electrons. The van der Waals surface area contributed by atoms with Crippen molar-refractivity contribution in [2.75, 3.05) is 13.1 Å². The van der Waals surface area contributed by atoms with E-state index in [1.54, 1.807) is 0 Å². The number of aryl methyl sites for hydroxylation is 1. The predicted molar refractivity (Wildman–Crippen MR) is 113 cm³/mol. The van der Waals surface area contributed by atoms with Crippen molar-refractivity contribution in [2.45, 2.75) is 40.0 Å². The Morgan fingerprint density at radius 2 is 1.57 bits per heavy atom. The van der Waals surface area contributed by atoms with E-state index in [1.165, 1.54) is 11.1 Å². The quantitative estimate of drug-likeness (QED) is 0.856. The van der Waals surface area contributed by atoms with Crippen LogP contribution in [0.5, 0.6) is 0 Å². The Kier molecular flexibility index (Phi) is 5.87. The van der Waals surface area contributed by atoms with Crippen LogP contribution in [0.4, 0.5) is 0 Å². The Morgan fingerprint density at radius 3 is 2.14 bits per heavy atom. The molecule has 2 amide bonds. The standard InChI is InChI=1S/C24H30N2O2/c1-17(2)22(27)26-14-12-24(13-15-26,23(25)28)16-19-9-5-7-11-21(19)20-10-6-4-8-18(20)3/h4-11,17H,12-16H2,1-3H3,(H2,25,28). The molecule has 0 radical (unpaired) electrons. The molecule has 0 unspecified atom stereocenters. The summed E-state index contributed by atoms with van der Waals surface area (Å²) in [7, 11) is 0. The summed E-state index contributed by atoms with van der Waals surface area (Å²) in [6.45, 7) is 7.11. The van der Waals surface area contributed by atoms with Crippen molar-refractivity contribution in [3.05, 3.63) is 59.7 Å². The number of rotatable bonds is 5. The Labute approximate surface area is 167 Å². The first-order valence-electron chi connectivity index (χ1n) is 10.1. The Balaban J connectivity index is 1.89. The van der Waals surface area contributed by atoms with Gasteiger partial charge in [-0.25, -0.2) is 0 Å². The smallest absolute Gasteiger partial charge is 0.225 e. The van der Waals surface area contributed by atoms with Gasteiger partial charge in [-0.15, -0.1) is 0 Å². The SMILES string of the molecule is Cc1ccccc1-c1ccccc1CC1(C(N)=O)CCN(C(=O)C(C)C)CC1. The molecule has 4 heteroatoms. The van der Waals surface area contributed by atoms with Crippen LogP contribution < -0.4 is 5.73 Å². The first-order chi connectivity index (χ1) is 13.3. The van der Waals surface area contributed by atoms with Gasteiger partial charge in [0.15, 0.2) is 0 Å². The minimum atomic E-state index is -0.605. The molecule has 3 rings (SSSR count). The average molecular weight is 379 g/mol. The molecule has 1 heterocycles. The van der Waals surface area contributed by atoms with Gasteiger partial charge in [0.25, 0.3) is 0 Å². The van der Waals surface area contributed by atoms with Gasteiger partial charge in [-0.3, -0.25) is 9.59 Å². The maximum atomic E-state index is 12.5. The monoisotopic (exact) mass is 378 g/mol. The fraction of sp³-hybridized carbons (Fsp3) is 0.417. The third-order valence-electron chi connectivity index (χ3n) is 6.03. The van der Waals surface area contributed by atoms with Crippen molar-refractivity contribution >= 4 is 11.8 Å². The molecular weight excluding hydrogens is 348 g/mol. The number of carbonyl (C=O) groups excluding carboxylic acids is 2. The fourth-order valence-electron chi connectivity index (χ4n) is 4.21. The summed E-state index contributed by atoms with van der Waals surface area (Å²) in [6, 6.07) is 16.6. The second-order valence-electron chi connectivity index (χ2n) is 8.27. The van der Waals surface area contributed by atoms with Crippen molar-refractivity contribution in [1.29, 1.82) is 0 Å². The lowest BCUT2D eigenvalue weighted by molar-refractivity contribution is -0.141. The Bertz CT molecular complexity index is 864. The van der Waals surface area contributed by atoms with Gasteiger partial charge in [0.1, 0.15) is 0 Å². The van der Waals surface area contributed by atoms with E-state index >= 15 is 0 Å². The molecule has 2 aromatic carbocycles. The third kappa shape index (κ3) is 3.96. The number of hydrogen-bond acceptors (Lipinski definition) is 2. The van der Waals surface area contributed by atoms with Gasteiger partial charge in [-0.2, -0.15) is 0 Å². The van der Waals surface area contributed by atoms with Crippen LogP contribution in [0.1, 0.15) is 37.8 Å². The fourth-order valence-corrected chi connectivity index (χ4v) is 4.21. The van der Waals surface area contributed by atoms with E-state index in [0.717, 1.165) is 11.1 Å². The molecule has 4 nitrogen and oxygen atoms in total. The molecule has 28 heavy (non-hydrogen) atoms. The number of carbonyl (C=O) groups is 2. The van der Waals surface area contributed by atoms with Crippen molar-refractivity contribution in [3.8, 4) is 11.1 Å². The summed E-state index contributed by atoms with van der Waals surface area (Å²) < 4.78 is 0. The number of primary amides is 1. The lowest BCUT2D eigenvalue weighted by Crippen LogP contribution is -2.50. The second-order valence-corrected chi connectivity index (χ2v) is 8.27. The highest BCUT2D eigenvalue weighted by atomic mass is 16.2. The van der Waals surface area contributed by atoms with Crippen LogP contribution in [0.3, 0.4) is 0 Å².